The summed E-state index contributed by atoms with van der Waals surface area (Å²) in [6, 6.07) is 49.4. The Morgan fingerprint density at radius 1 is 0.439 bits per heavy atom. The average Bonchev–Trinajstić information content (AvgIpc) is 3.36. The standard InChI is InChI=1S/C57H42N6S3/c1-5-61-45-14-8-11-17-51(45)64-54-32-37(23-29-48(54)61)20-26-40-43(35-58)41(27-21-38-24-30-49-55(33-38)65-52-18-12-9-15-46(52)62(49)6-2)57(60-4)42(44(40)36-59)28-22-39-25-31-50-56(34-39)66-53-19-13-10-16-47(53)63(50)7-3/h8-34H,5-7H2,1-3H3. The summed E-state index contributed by atoms with van der Waals surface area (Å²) in [5, 5.41) is 22.0. The molecule has 9 heteroatoms. The van der Waals surface area contributed by atoms with Crippen molar-refractivity contribution in [3.05, 3.63) is 183 Å². The lowest BCUT2D eigenvalue weighted by molar-refractivity contribution is 0.979. The van der Waals surface area contributed by atoms with E-state index in [9.17, 15) is 10.5 Å². The van der Waals surface area contributed by atoms with Crippen molar-refractivity contribution in [2.75, 3.05) is 34.3 Å². The number of nitriles is 2. The molecule has 0 aliphatic carbocycles. The SMILES string of the molecule is [C-]#[N+]c1c(C=Cc2ccc3c(c2)Sc2ccccc2N3CC)c(C#N)c(C=Cc2ccc3c(c2)Sc2ccccc2N3CC)c(C#N)c1C=Cc1ccc2c(c1)Sc1ccccc1N2CC. The lowest BCUT2D eigenvalue weighted by Gasteiger charge is -2.32. The third kappa shape index (κ3) is 7.64. The van der Waals surface area contributed by atoms with E-state index in [2.05, 4.69) is 180 Å². The van der Waals surface area contributed by atoms with Crippen LogP contribution in [0.25, 0.3) is 41.3 Å². The van der Waals surface area contributed by atoms with E-state index in [4.69, 9.17) is 6.57 Å². The second-order valence-electron chi connectivity index (χ2n) is 15.8. The molecule has 0 saturated carbocycles. The van der Waals surface area contributed by atoms with Crippen molar-refractivity contribution in [1.82, 2.24) is 0 Å². The van der Waals surface area contributed by atoms with Crippen LogP contribution in [0.3, 0.4) is 0 Å². The highest BCUT2D eigenvalue weighted by Crippen LogP contribution is 2.51. The van der Waals surface area contributed by atoms with Crippen molar-refractivity contribution in [2.24, 2.45) is 0 Å². The second kappa shape index (κ2) is 18.3. The van der Waals surface area contributed by atoms with Crippen molar-refractivity contribution < 1.29 is 0 Å². The minimum Gasteiger partial charge on any atom is -0.340 e. The molecule has 0 bridgehead atoms. The lowest BCUT2D eigenvalue weighted by Crippen LogP contribution is -2.19. The van der Waals surface area contributed by atoms with Crippen LogP contribution in [-0.2, 0) is 0 Å². The van der Waals surface area contributed by atoms with Crippen LogP contribution in [0, 0.1) is 29.2 Å². The van der Waals surface area contributed by atoms with E-state index in [1.54, 1.807) is 35.3 Å². The van der Waals surface area contributed by atoms with Crippen molar-refractivity contribution in [3.63, 3.8) is 0 Å². The fourth-order valence-corrected chi connectivity index (χ4v) is 12.5. The zero-order valence-electron chi connectivity index (χ0n) is 36.6. The maximum atomic E-state index is 11.0. The summed E-state index contributed by atoms with van der Waals surface area (Å²) in [5.74, 6) is 0. The third-order valence-corrected chi connectivity index (χ3v) is 15.5. The van der Waals surface area contributed by atoms with Gasteiger partial charge in [-0.15, -0.1) is 0 Å². The topological polar surface area (TPSA) is 61.7 Å². The molecule has 7 aromatic rings. The van der Waals surface area contributed by atoms with Gasteiger partial charge in [0.05, 0.1) is 64.0 Å². The molecule has 66 heavy (non-hydrogen) atoms. The molecule has 0 unspecified atom stereocenters. The Balaban J connectivity index is 1.08. The van der Waals surface area contributed by atoms with Crippen LogP contribution in [0.4, 0.5) is 39.8 Å². The molecule has 10 rings (SSSR count). The molecule has 0 spiro atoms. The van der Waals surface area contributed by atoms with E-state index in [1.807, 2.05) is 36.5 Å². The number of benzene rings is 7. The van der Waals surface area contributed by atoms with Gasteiger partial charge in [0.15, 0.2) is 0 Å². The zero-order chi connectivity index (χ0) is 45.3. The molecular weight excluding hydrogens is 865 g/mol. The molecule has 0 aromatic heterocycles. The molecule has 0 amide bonds. The quantitative estimate of drug-likeness (QED) is 0.105. The Bertz CT molecular complexity index is 2960. The minimum atomic E-state index is 0.257. The monoisotopic (exact) mass is 906 g/mol. The number of nitrogens with zero attached hydrogens (tertiary/aromatic N) is 6. The van der Waals surface area contributed by atoms with Gasteiger partial charge in [-0.3, -0.25) is 0 Å². The Hall–Kier alpha value is -7.32. The van der Waals surface area contributed by atoms with E-state index in [0.29, 0.717) is 16.7 Å². The predicted molar refractivity (Wildman–Crippen MR) is 278 cm³/mol. The van der Waals surface area contributed by atoms with Gasteiger partial charge in [-0.2, -0.15) is 10.5 Å². The van der Waals surface area contributed by atoms with Crippen LogP contribution in [0.5, 0.6) is 0 Å². The van der Waals surface area contributed by atoms with Crippen LogP contribution in [0.2, 0.25) is 0 Å². The molecule has 0 radical (unpaired) electrons. The van der Waals surface area contributed by atoms with E-state index >= 15 is 0 Å². The van der Waals surface area contributed by atoms with Gasteiger partial charge in [0.1, 0.15) is 0 Å². The van der Waals surface area contributed by atoms with Gasteiger partial charge in [-0.1, -0.05) is 126 Å². The van der Waals surface area contributed by atoms with E-state index in [1.165, 1.54) is 31.7 Å². The highest BCUT2D eigenvalue weighted by molar-refractivity contribution is 8.00. The molecule has 0 saturated heterocycles. The van der Waals surface area contributed by atoms with Crippen LogP contribution in [-0.4, -0.2) is 19.6 Å². The molecule has 3 heterocycles. The first kappa shape index (κ1) is 42.6. The average molecular weight is 907 g/mol. The molecule has 7 aromatic carbocycles. The summed E-state index contributed by atoms with van der Waals surface area (Å²) in [5.41, 5.74) is 12.1. The number of fused-ring (bicyclic) bond motifs is 6. The molecule has 3 aliphatic rings. The summed E-state index contributed by atoms with van der Waals surface area (Å²) in [6.07, 6.45) is 11.6. The van der Waals surface area contributed by atoms with Gasteiger partial charge in [0.25, 0.3) is 0 Å². The van der Waals surface area contributed by atoms with E-state index < -0.39 is 0 Å². The first-order valence-corrected chi connectivity index (χ1v) is 24.4. The first-order valence-electron chi connectivity index (χ1n) is 22.0. The number of hydrogen-bond acceptors (Lipinski definition) is 8. The molecule has 6 nitrogen and oxygen atoms in total. The Labute approximate surface area is 399 Å². The van der Waals surface area contributed by atoms with Crippen molar-refractivity contribution in [1.29, 1.82) is 10.5 Å². The summed E-state index contributed by atoms with van der Waals surface area (Å²) in [6.45, 7) is 17.6. The summed E-state index contributed by atoms with van der Waals surface area (Å²) in [7, 11) is 0. The molecule has 0 atom stereocenters. The van der Waals surface area contributed by atoms with Gasteiger partial charge >= 0.3 is 0 Å². The van der Waals surface area contributed by atoms with Gasteiger partial charge in [-0.25, -0.2) is 4.85 Å². The Morgan fingerprint density at radius 2 is 0.758 bits per heavy atom. The normalized spacial score (nSPS) is 13.4. The van der Waals surface area contributed by atoms with E-state index in [-0.39, 0.29) is 16.8 Å². The van der Waals surface area contributed by atoms with Crippen molar-refractivity contribution in [2.45, 2.75) is 50.1 Å². The highest BCUT2D eigenvalue weighted by atomic mass is 32.2. The van der Waals surface area contributed by atoms with Crippen molar-refractivity contribution in [3.8, 4) is 12.1 Å². The van der Waals surface area contributed by atoms with Gasteiger partial charge in [-0.05, 0) is 121 Å². The van der Waals surface area contributed by atoms with Gasteiger partial charge < -0.3 is 14.7 Å². The maximum absolute atomic E-state index is 11.0. The number of para-hydroxylation sites is 3. The molecule has 3 aliphatic heterocycles. The largest absolute Gasteiger partial charge is 0.340 e. The lowest BCUT2D eigenvalue weighted by atomic mass is 9.88. The number of rotatable bonds is 9. The molecule has 0 N–H and O–H groups in total. The van der Waals surface area contributed by atoms with Gasteiger partial charge in [0.2, 0.25) is 5.69 Å². The Morgan fingerprint density at radius 3 is 1.08 bits per heavy atom. The zero-order valence-corrected chi connectivity index (χ0v) is 39.1. The smallest absolute Gasteiger partial charge is 0.204 e. The molecular formula is C57H42N6S3. The fourth-order valence-electron chi connectivity index (χ4n) is 9.07. The van der Waals surface area contributed by atoms with Crippen molar-refractivity contribution >= 4 is 112 Å². The van der Waals surface area contributed by atoms with Gasteiger partial charge in [0, 0.05) is 54.6 Å². The minimum absolute atomic E-state index is 0.257. The molecule has 318 valence electrons. The molecule has 0 fully saturated rings. The van der Waals surface area contributed by atoms with Crippen LogP contribution >= 0.6 is 35.3 Å². The predicted octanol–water partition coefficient (Wildman–Crippen LogP) is 16.4. The van der Waals surface area contributed by atoms with Crippen LogP contribution in [0.15, 0.2) is 157 Å². The number of anilines is 6. The summed E-state index contributed by atoms with van der Waals surface area (Å²) < 4.78 is 0. The van der Waals surface area contributed by atoms with Crippen LogP contribution in [0.1, 0.15) is 65.3 Å². The highest BCUT2D eigenvalue weighted by Gasteiger charge is 2.26. The third-order valence-electron chi connectivity index (χ3n) is 12.2. The van der Waals surface area contributed by atoms with E-state index in [0.717, 1.165) is 68.1 Å². The fraction of sp³-hybridized carbons (Fsp3) is 0.105. The first-order chi connectivity index (χ1) is 32.4. The van der Waals surface area contributed by atoms with Crippen LogP contribution < -0.4 is 14.7 Å². The maximum Gasteiger partial charge on any atom is 0.204 e. The summed E-state index contributed by atoms with van der Waals surface area (Å²) >= 11 is 5.24. The Kier molecular flexibility index (Phi) is 11.8. The number of hydrogen-bond donors (Lipinski definition) is 0. The second-order valence-corrected chi connectivity index (χ2v) is 19.0. The summed E-state index contributed by atoms with van der Waals surface area (Å²) in [4.78, 5) is 18.1.